The average Bonchev–Trinajstić information content (AvgIpc) is 3.67. The highest BCUT2D eigenvalue weighted by molar-refractivity contribution is 6.14. The van der Waals surface area contributed by atoms with Gasteiger partial charge < -0.3 is 9.88 Å². The number of hydrogen-bond donors (Lipinski definition) is 1. The van der Waals surface area contributed by atoms with Gasteiger partial charge in [-0.1, -0.05) is 164 Å². The van der Waals surface area contributed by atoms with Crippen molar-refractivity contribution in [1.82, 2.24) is 4.98 Å². The molecule has 0 saturated carbocycles. The third kappa shape index (κ3) is 6.34. The van der Waals surface area contributed by atoms with E-state index in [0.29, 0.717) is 0 Å². The molecule has 264 valence electrons. The summed E-state index contributed by atoms with van der Waals surface area (Å²) in [4.78, 5) is 6.03. The number of aromatic amines is 1. The molecule has 10 aromatic rings. The van der Waals surface area contributed by atoms with Crippen molar-refractivity contribution in [2.24, 2.45) is 0 Å². The number of rotatable bonds is 8. The smallest absolute Gasteiger partial charge is 0.0473 e. The highest BCUT2D eigenvalue weighted by atomic mass is 15.1. The van der Waals surface area contributed by atoms with E-state index in [9.17, 15) is 0 Å². The van der Waals surface area contributed by atoms with Crippen LogP contribution in [0.5, 0.6) is 0 Å². The van der Waals surface area contributed by atoms with Crippen molar-refractivity contribution in [3.8, 4) is 55.6 Å². The fourth-order valence-corrected chi connectivity index (χ4v) is 8.07. The third-order valence-electron chi connectivity index (χ3n) is 10.7. The van der Waals surface area contributed by atoms with Gasteiger partial charge in [0.25, 0.3) is 0 Å². The van der Waals surface area contributed by atoms with Gasteiger partial charge in [0.2, 0.25) is 0 Å². The fraction of sp³-hybridized carbons (Fsp3) is 0. The molecule has 0 spiro atoms. The van der Waals surface area contributed by atoms with Gasteiger partial charge in [0.15, 0.2) is 0 Å². The van der Waals surface area contributed by atoms with Crippen LogP contribution in [0.15, 0.2) is 224 Å². The van der Waals surface area contributed by atoms with Gasteiger partial charge in [-0.2, -0.15) is 0 Å². The second kappa shape index (κ2) is 14.4. The molecule has 0 radical (unpaired) electrons. The number of aromatic nitrogens is 1. The van der Waals surface area contributed by atoms with Gasteiger partial charge in [-0.15, -0.1) is 0 Å². The van der Waals surface area contributed by atoms with Crippen molar-refractivity contribution >= 4 is 38.9 Å². The maximum absolute atomic E-state index is 3.62. The molecule has 2 nitrogen and oxygen atoms in total. The number of nitrogens with one attached hydrogen (secondary N) is 1. The molecule has 0 atom stereocenters. The summed E-state index contributed by atoms with van der Waals surface area (Å²) < 4.78 is 0. The zero-order chi connectivity index (χ0) is 37.3. The van der Waals surface area contributed by atoms with Crippen LogP contribution in [-0.2, 0) is 0 Å². The van der Waals surface area contributed by atoms with Crippen LogP contribution in [0, 0.1) is 0 Å². The number of benzene rings is 9. The SMILES string of the molecule is c1ccc(-c2cccc(N(c3cccc(-c4cccc(-c5cccc6[nH]c7ccccc7c56)c4)c3)c3cc(-c4ccccc4)cc(-c4ccccc4)c3)c2)cc1. The molecule has 1 heterocycles. The van der Waals surface area contributed by atoms with E-state index in [0.717, 1.165) is 33.7 Å². The Morgan fingerprint density at radius 2 is 0.679 bits per heavy atom. The summed E-state index contributed by atoms with van der Waals surface area (Å²) in [5.41, 5.74) is 17.4. The summed E-state index contributed by atoms with van der Waals surface area (Å²) in [7, 11) is 0. The third-order valence-corrected chi connectivity index (χ3v) is 10.7. The molecular weight excluding hydrogens is 677 g/mol. The predicted octanol–water partition coefficient (Wildman–Crippen LogP) is 15.1. The van der Waals surface area contributed by atoms with Crippen LogP contribution in [0.4, 0.5) is 17.1 Å². The summed E-state index contributed by atoms with van der Waals surface area (Å²) >= 11 is 0. The zero-order valence-electron chi connectivity index (χ0n) is 30.8. The lowest BCUT2D eigenvalue weighted by Gasteiger charge is -2.28. The first kappa shape index (κ1) is 33.2. The molecule has 0 unspecified atom stereocenters. The molecule has 9 aromatic carbocycles. The lowest BCUT2D eigenvalue weighted by atomic mass is 9.95. The van der Waals surface area contributed by atoms with Crippen molar-refractivity contribution in [1.29, 1.82) is 0 Å². The molecule has 0 fully saturated rings. The first-order chi connectivity index (χ1) is 27.7. The van der Waals surface area contributed by atoms with E-state index in [4.69, 9.17) is 0 Å². The van der Waals surface area contributed by atoms with E-state index in [1.165, 1.54) is 60.8 Å². The Morgan fingerprint density at radius 1 is 0.268 bits per heavy atom. The minimum Gasteiger partial charge on any atom is -0.354 e. The highest BCUT2D eigenvalue weighted by Gasteiger charge is 2.18. The quantitative estimate of drug-likeness (QED) is 0.166. The second-order valence-corrected chi connectivity index (χ2v) is 14.3. The molecule has 0 bridgehead atoms. The summed E-state index contributed by atoms with van der Waals surface area (Å²) in [5.74, 6) is 0. The van der Waals surface area contributed by atoms with Crippen molar-refractivity contribution in [2.45, 2.75) is 0 Å². The van der Waals surface area contributed by atoms with Crippen LogP contribution in [0.25, 0.3) is 77.4 Å². The Morgan fingerprint density at radius 3 is 1.30 bits per heavy atom. The Balaban J connectivity index is 1.14. The van der Waals surface area contributed by atoms with E-state index in [1.807, 2.05) is 0 Å². The van der Waals surface area contributed by atoms with E-state index in [2.05, 4.69) is 234 Å². The second-order valence-electron chi connectivity index (χ2n) is 14.3. The monoisotopic (exact) mass is 714 g/mol. The summed E-state index contributed by atoms with van der Waals surface area (Å²) in [6.07, 6.45) is 0. The zero-order valence-corrected chi connectivity index (χ0v) is 30.8. The molecule has 0 aliphatic rings. The normalized spacial score (nSPS) is 11.2. The molecule has 0 saturated heterocycles. The van der Waals surface area contributed by atoms with Crippen molar-refractivity contribution in [3.05, 3.63) is 224 Å². The van der Waals surface area contributed by atoms with Crippen molar-refractivity contribution < 1.29 is 0 Å². The average molecular weight is 715 g/mol. The number of para-hydroxylation sites is 1. The lowest BCUT2D eigenvalue weighted by molar-refractivity contribution is 1.28. The van der Waals surface area contributed by atoms with Gasteiger partial charge in [0.05, 0.1) is 0 Å². The van der Waals surface area contributed by atoms with Gasteiger partial charge in [-0.3, -0.25) is 0 Å². The number of H-pyrrole nitrogens is 1. The Hall–Kier alpha value is -7.42. The van der Waals surface area contributed by atoms with Gasteiger partial charge in [0.1, 0.15) is 0 Å². The number of hydrogen-bond acceptors (Lipinski definition) is 1. The predicted molar refractivity (Wildman–Crippen MR) is 238 cm³/mol. The number of nitrogens with zero attached hydrogens (tertiary/aromatic N) is 1. The molecule has 10 rings (SSSR count). The van der Waals surface area contributed by atoms with Gasteiger partial charge >= 0.3 is 0 Å². The lowest BCUT2D eigenvalue weighted by Crippen LogP contribution is -2.10. The highest BCUT2D eigenvalue weighted by Crippen LogP contribution is 2.42. The molecule has 1 N–H and O–H groups in total. The maximum Gasteiger partial charge on any atom is 0.0473 e. The van der Waals surface area contributed by atoms with Crippen LogP contribution in [0.3, 0.4) is 0 Å². The van der Waals surface area contributed by atoms with Gasteiger partial charge in [-0.05, 0) is 116 Å². The standard InChI is InChI=1S/C54H38N2/c1-4-16-38(17-5-1)42-23-13-26-47(34-42)56(49-36-45(39-18-6-2-7-19-39)33-46(37-49)40-20-8-3-9-21-40)48-27-14-24-43(35-48)41-22-12-25-44(32-41)50-29-15-31-53-54(50)51-28-10-11-30-52(51)55-53/h1-37,55H. The van der Waals surface area contributed by atoms with Crippen LogP contribution < -0.4 is 4.90 Å². The topological polar surface area (TPSA) is 19.0 Å². The van der Waals surface area contributed by atoms with Gasteiger partial charge in [-0.25, -0.2) is 0 Å². The van der Waals surface area contributed by atoms with E-state index in [1.54, 1.807) is 0 Å². The van der Waals surface area contributed by atoms with Crippen LogP contribution in [0.1, 0.15) is 0 Å². The molecule has 2 heteroatoms. The summed E-state index contributed by atoms with van der Waals surface area (Å²) in [6, 6.07) is 80.9. The first-order valence-corrected chi connectivity index (χ1v) is 19.2. The number of fused-ring (bicyclic) bond motifs is 3. The van der Waals surface area contributed by atoms with E-state index >= 15 is 0 Å². The molecule has 56 heavy (non-hydrogen) atoms. The largest absolute Gasteiger partial charge is 0.354 e. The van der Waals surface area contributed by atoms with E-state index in [-0.39, 0.29) is 0 Å². The minimum atomic E-state index is 1.08. The fourth-order valence-electron chi connectivity index (χ4n) is 8.07. The number of anilines is 3. The molecule has 1 aromatic heterocycles. The molecule has 0 aliphatic carbocycles. The Bertz CT molecular complexity index is 2900. The van der Waals surface area contributed by atoms with E-state index < -0.39 is 0 Å². The molecule has 0 aliphatic heterocycles. The van der Waals surface area contributed by atoms with Crippen molar-refractivity contribution in [3.63, 3.8) is 0 Å². The molecular formula is C54H38N2. The summed E-state index contributed by atoms with van der Waals surface area (Å²) in [6.45, 7) is 0. The minimum absolute atomic E-state index is 1.08. The summed E-state index contributed by atoms with van der Waals surface area (Å²) in [5, 5.41) is 2.50. The molecule has 0 amide bonds. The van der Waals surface area contributed by atoms with Gasteiger partial charge in [0, 0.05) is 38.9 Å². The maximum atomic E-state index is 3.62. The van der Waals surface area contributed by atoms with Crippen molar-refractivity contribution in [2.75, 3.05) is 4.90 Å². The van der Waals surface area contributed by atoms with Crippen LogP contribution in [0.2, 0.25) is 0 Å². The van der Waals surface area contributed by atoms with Crippen LogP contribution >= 0.6 is 0 Å². The Labute approximate surface area is 327 Å². The van der Waals surface area contributed by atoms with Crippen LogP contribution in [-0.4, -0.2) is 4.98 Å². The Kier molecular flexibility index (Phi) is 8.55. The first-order valence-electron chi connectivity index (χ1n) is 19.2.